The van der Waals surface area contributed by atoms with Crippen LogP contribution < -0.4 is 0 Å². The first-order valence-electron chi connectivity index (χ1n) is 8.93. The van der Waals surface area contributed by atoms with E-state index in [4.69, 9.17) is 4.74 Å². The second kappa shape index (κ2) is 7.08. The van der Waals surface area contributed by atoms with E-state index in [0.717, 1.165) is 17.6 Å². The van der Waals surface area contributed by atoms with Crippen LogP contribution in [0.3, 0.4) is 0 Å². The first-order valence-corrected chi connectivity index (χ1v) is 8.93. The molecule has 2 aliphatic carbocycles. The van der Waals surface area contributed by atoms with E-state index in [-0.39, 0.29) is 35.1 Å². The molecule has 2 aliphatic rings. The van der Waals surface area contributed by atoms with Gasteiger partial charge in [-0.1, -0.05) is 44.6 Å². The largest absolute Gasteiger partial charge is 0.457 e. The molecule has 0 saturated heterocycles. The molecule has 0 N–H and O–H groups in total. The number of carbonyl (C=O) groups excluding carboxylic acids is 2. The van der Waals surface area contributed by atoms with Crippen LogP contribution in [0.5, 0.6) is 0 Å². The minimum absolute atomic E-state index is 0.0543. The molecule has 0 spiro atoms. The lowest BCUT2D eigenvalue weighted by Crippen LogP contribution is -2.20. The molecule has 0 heterocycles. The lowest BCUT2D eigenvalue weighted by molar-refractivity contribution is -0.150. The molecule has 1 saturated carbocycles. The van der Waals surface area contributed by atoms with Crippen molar-refractivity contribution in [2.45, 2.75) is 66.9 Å². The number of carbonyl (C=O) groups is 2. The summed E-state index contributed by atoms with van der Waals surface area (Å²) in [4.78, 5) is 24.8. The van der Waals surface area contributed by atoms with Crippen LogP contribution in [0.1, 0.15) is 60.8 Å². The quantitative estimate of drug-likeness (QED) is 0.520. The molecule has 2 rings (SSSR count). The topological polar surface area (TPSA) is 43.4 Å². The van der Waals surface area contributed by atoms with Crippen LogP contribution in [-0.2, 0) is 14.3 Å². The molecule has 1 fully saturated rings. The number of ether oxygens (including phenoxy) is 1. The van der Waals surface area contributed by atoms with Gasteiger partial charge >= 0.3 is 5.97 Å². The van der Waals surface area contributed by atoms with Gasteiger partial charge < -0.3 is 4.74 Å². The van der Waals surface area contributed by atoms with Crippen molar-refractivity contribution < 1.29 is 14.3 Å². The summed E-state index contributed by atoms with van der Waals surface area (Å²) >= 11 is 0. The maximum atomic E-state index is 12.6. The van der Waals surface area contributed by atoms with E-state index in [0.29, 0.717) is 12.8 Å². The Kier molecular flexibility index (Phi) is 5.52. The number of hydrogen-bond acceptors (Lipinski definition) is 3. The SMILES string of the molecule is CC/C=C/CC1=C(C)C(OC(=O)[C@@H]2[C@@H](C=C(C)C)C2(C)C)CC1=O. The van der Waals surface area contributed by atoms with Crippen molar-refractivity contribution in [1.29, 1.82) is 0 Å². The van der Waals surface area contributed by atoms with Crippen molar-refractivity contribution in [2.24, 2.45) is 17.3 Å². The lowest BCUT2D eigenvalue weighted by Gasteiger charge is -2.13. The second-order valence-corrected chi connectivity index (χ2v) is 7.87. The molecular formula is C21H30O3. The standard InChI is InChI=1S/C21H30O3/c1-7-8-9-10-15-14(4)18(12-17(15)22)24-20(23)19-16(11-13(2)3)21(19,5)6/h8-9,11,16,18-19H,7,10,12H2,1-6H3/b9-8+/t16-,18?,19+/m1/s1. The highest BCUT2D eigenvalue weighted by Crippen LogP contribution is 2.60. The number of ketones is 1. The summed E-state index contributed by atoms with van der Waals surface area (Å²) in [6, 6.07) is 0. The minimum Gasteiger partial charge on any atom is -0.457 e. The van der Waals surface area contributed by atoms with E-state index in [9.17, 15) is 9.59 Å². The third-order valence-corrected chi connectivity index (χ3v) is 5.33. The molecule has 24 heavy (non-hydrogen) atoms. The van der Waals surface area contributed by atoms with Gasteiger partial charge in [0.2, 0.25) is 0 Å². The van der Waals surface area contributed by atoms with Gasteiger partial charge in [-0.3, -0.25) is 9.59 Å². The van der Waals surface area contributed by atoms with Crippen LogP contribution in [0.15, 0.2) is 34.9 Å². The molecule has 0 radical (unpaired) electrons. The molecule has 0 aromatic carbocycles. The van der Waals surface area contributed by atoms with Gasteiger partial charge in [0.05, 0.1) is 12.3 Å². The number of esters is 1. The predicted molar refractivity (Wildman–Crippen MR) is 96.4 cm³/mol. The molecular weight excluding hydrogens is 300 g/mol. The van der Waals surface area contributed by atoms with Crippen molar-refractivity contribution in [3.05, 3.63) is 34.9 Å². The number of hydrogen-bond donors (Lipinski definition) is 0. The first kappa shape index (κ1) is 18.7. The van der Waals surface area contributed by atoms with E-state index in [2.05, 4.69) is 46.8 Å². The fourth-order valence-electron chi connectivity index (χ4n) is 3.64. The average Bonchev–Trinajstić information content (AvgIpc) is 2.90. The summed E-state index contributed by atoms with van der Waals surface area (Å²) in [7, 11) is 0. The summed E-state index contributed by atoms with van der Waals surface area (Å²) in [6.07, 6.45) is 7.77. The Morgan fingerprint density at radius 1 is 1.29 bits per heavy atom. The Morgan fingerprint density at radius 3 is 2.54 bits per heavy atom. The van der Waals surface area contributed by atoms with Gasteiger partial charge in [-0.25, -0.2) is 0 Å². The Bertz CT molecular complexity index is 615. The lowest BCUT2D eigenvalue weighted by atomic mass is 10.1. The van der Waals surface area contributed by atoms with Gasteiger partial charge in [-0.15, -0.1) is 0 Å². The first-order chi connectivity index (χ1) is 11.2. The summed E-state index contributed by atoms with van der Waals surface area (Å²) in [5.74, 6) is 0.0923. The maximum Gasteiger partial charge on any atom is 0.310 e. The summed E-state index contributed by atoms with van der Waals surface area (Å²) in [5, 5.41) is 0. The second-order valence-electron chi connectivity index (χ2n) is 7.87. The molecule has 0 aromatic heterocycles. The van der Waals surface area contributed by atoms with Crippen molar-refractivity contribution in [3.8, 4) is 0 Å². The van der Waals surface area contributed by atoms with Crippen molar-refractivity contribution >= 4 is 11.8 Å². The molecule has 1 unspecified atom stereocenters. The fraction of sp³-hybridized carbons (Fsp3) is 0.619. The van der Waals surface area contributed by atoms with E-state index in [1.807, 2.05) is 13.0 Å². The third-order valence-electron chi connectivity index (χ3n) is 5.33. The van der Waals surface area contributed by atoms with Crippen LogP contribution in [0.4, 0.5) is 0 Å². The molecule has 0 bridgehead atoms. The van der Waals surface area contributed by atoms with E-state index < -0.39 is 0 Å². The van der Waals surface area contributed by atoms with Gasteiger partial charge in [0.1, 0.15) is 6.10 Å². The normalized spacial score (nSPS) is 28.4. The number of Topliss-reactive ketones (excluding diaryl/α,β-unsaturated/α-hetero) is 1. The molecule has 0 aromatic rings. The van der Waals surface area contributed by atoms with E-state index in [1.54, 1.807) is 0 Å². The van der Waals surface area contributed by atoms with E-state index in [1.165, 1.54) is 5.57 Å². The maximum absolute atomic E-state index is 12.6. The van der Waals surface area contributed by atoms with Crippen LogP contribution in [0.25, 0.3) is 0 Å². The van der Waals surface area contributed by atoms with Crippen LogP contribution >= 0.6 is 0 Å². The minimum atomic E-state index is -0.376. The fourth-order valence-corrected chi connectivity index (χ4v) is 3.64. The Labute approximate surface area is 145 Å². The van der Waals surface area contributed by atoms with Crippen molar-refractivity contribution in [1.82, 2.24) is 0 Å². The molecule has 3 nitrogen and oxygen atoms in total. The Morgan fingerprint density at radius 2 is 1.96 bits per heavy atom. The third kappa shape index (κ3) is 3.71. The zero-order valence-corrected chi connectivity index (χ0v) is 15.8. The highest BCUT2D eigenvalue weighted by Gasteiger charge is 2.61. The zero-order valence-electron chi connectivity index (χ0n) is 15.8. The van der Waals surface area contributed by atoms with Crippen molar-refractivity contribution in [3.63, 3.8) is 0 Å². The van der Waals surface area contributed by atoms with Crippen LogP contribution in [0.2, 0.25) is 0 Å². The molecule has 0 aliphatic heterocycles. The van der Waals surface area contributed by atoms with Gasteiger partial charge in [-0.05, 0) is 50.5 Å². The summed E-state index contributed by atoms with van der Waals surface area (Å²) in [6.45, 7) is 12.3. The van der Waals surface area contributed by atoms with Crippen molar-refractivity contribution in [2.75, 3.05) is 0 Å². The molecule has 0 amide bonds. The number of rotatable bonds is 6. The van der Waals surface area contributed by atoms with Gasteiger partial charge in [0.15, 0.2) is 5.78 Å². The Hall–Kier alpha value is -1.64. The highest BCUT2D eigenvalue weighted by molar-refractivity contribution is 6.00. The molecule has 132 valence electrons. The monoisotopic (exact) mass is 330 g/mol. The van der Waals surface area contributed by atoms with E-state index >= 15 is 0 Å². The molecule has 3 heteroatoms. The summed E-state index contributed by atoms with van der Waals surface area (Å²) in [5.41, 5.74) is 2.90. The van der Waals surface area contributed by atoms with Gasteiger partial charge in [-0.2, -0.15) is 0 Å². The number of allylic oxidation sites excluding steroid dienone is 5. The summed E-state index contributed by atoms with van der Waals surface area (Å²) < 4.78 is 5.73. The zero-order chi connectivity index (χ0) is 18.1. The predicted octanol–water partition coefficient (Wildman–Crippen LogP) is 4.78. The average molecular weight is 330 g/mol. The highest BCUT2D eigenvalue weighted by atomic mass is 16.5. The van der Waals surface area contributed by atoms with Gasteiger partial charge in [0, 0.05) is 5.57 Å². The smallest absolute Gasteiger partial charge is 0.310 e. The van der Waals surface area contributed by atoms with Crippen LogP contribution in [0, 0.1) is 17.3 Å². The van der Waals surface area contributed by atoms with Crippen LogP contribution in [-0.4, -0.2) is 17.9 Å². The Balaban J connectivity index is 2.04. The molecule has 3 atom stereocenters. The van der Waals surface area contributed by atoms with Gasteiger partial charge in [0.25, 0.3) is 0 Å².